The summed E-state index contributed by atoms with van der Waals surface area (Å²) >= 11 is 0. The van der Waals surface area contributed by atoms with E-state index in [1.807, 2.05) is 0 Å². The van der Waals surface area contributed by atoms with Crippen LogP contribution < -0.4 is 5.32 Å². The van der Waals surface area contributed by atoms with Crippen molar-refractivity contribution >= 4 is 0 Å². The van der Waals surface area contributed by atoms with Crippen LogP contribution in [-0.2, 0) is 0 Å². The molecular formula is C14H23NO. The van der Waals surface area contributed by atoms with Crippen molar-refractivity contribution in [1.29, 1.82) is 0 Å². The quantitative estimate of drug-likeness (QED) is 0.819. The van der Waals surface area contributed by atoms with Gasteiger partial charge in [0.05, 0.1) is 6.10 Å². The van der Waals surface area contributed by atoms with Crippen LogP contribution in [0.5, 0.6) is 0 Å². The zero-order chi connectivity index (χ0) is 12.3. The van der Waals surface area contributed by atoms with Gasteiger partial charge >= 0.3 is 0 Å². The van der Waals surface area contributed by atoms with Crippen LogP contribution in [0.4, 0.5) is 0 Å². The van der Waals surface area contributed by atoms with Crippen LogP contribution in [0.1, 0.15) is 42.1 Å². The summed E-state index contributed by atoms with van der Waals surface area (Å²) in [4.78, 5) is 0. The normalized spacial score (nSPS) is 14.9. The molecule has 2 atom stereocenters. The van der Waals surface area contributed by atoms with Crippen molar-refractivity contribution in [3.05, 3.63) is 34.4 Å². The van der Waals surface area contributed by atoms with Crippen molar-refractivity contribution in [2.24, 2.45) is 0 Å². The van der Waals surface area contributed by atoms with Gasteiger partial charge in [0.25, 0.3) is 0 Å². The third-order valence-electron chi connectivity index (χ3n) is 2.89. The zero-order valence-corrected chi connectivity index (χ0v) is 11.0. The molecule has 1 aromatic carbocycles. The first-order chi connectivity index (χ1) is 7.41. The molecule has 0 saturated carbocycles. The molecule has 2 nitrogen and oxygen atoms in total. The molecule has 0 fully saturated rings. The number of aryl methyl sites for hydroxylation is 3. The van der Waals surface area contributed by atoms with Crippen molar-refractivity contribution in [1.82, 2.24) is 5.32 Å². The molecule has 0 aliphatic rings. The van der Waals surface area contributed by atoms with Crippen molar-refractivity contribution in [3.63, 3.8) is 0 Å². The molecule has 0 aliphatic heterocycles. The fraction of sp³-hybridized carbons (Fsp3) is 0.571. The molecule has 1 rings (SSSR count). The van der Waals surface area contributed by atoms with Crippen LogP contribution >= 0.6 is 0 Å². The summed E-state index contributed by atoms with van der Waals surface area (Å²) in [7, 11) is 0. The van der Waals surface area contributed by atoms with Gasteiger partial charge in [-0.3, -0.25) is 0 Å². The molecule has 0 heterocycles. The highest BCUT2D eigenvalue weighted by molar-refractivity contribution is 5.39. The molecule has 0 aliphatic carbocycles. The summed E-state index contributed by atoms with van der Waals surface area (Å²) in [5.74, 6) is 0. The lowest BCUT2D eigenvalue weighted by Gasteiger charge is -2.20. The Kier molecular flexibility index (Phi) is 4.51. The molecule has 0 spiro atoms. The highest BCUT2D eigenvalue weighted by Crippen LogP contribution is 2.23. The molecular weight excluding hydrogens is 198 g/mol. The van der Waals surface area contributed by atoms with E-state index in [2.05, 4.69) is 45.1 Å². The Morgan fingerprint density at radius 3 is 2.06 bits per heavy atom. The number of hydrogen-bond donors (Lipinski definition) is 2. The lowest BCUT2D eigenvalue weighted by molar-refractivity contribution is 0.187. The van der Waals surface area contributed by atoms with Crippen molar-refractivity contribution in [2.75, 3.05) is 6.54 Å². The van der Waals surface area contributed by atoms with E-state index in [1.165, 1.54) is 22.3 Å². The maximum atomic E-state index is 9.27. The second kappa shape index (κ2) is 5.46. The van der Waals surface area contributed by atoms with Gasteiger partial charge in [-0.15, -0.1) is 0 Å². The molecule has 0 aromatic heterocycles. The van der Waals surface area contributed by atoms with E-state index in [4.69, 9.17) is 0 Å². The van der Waals surface area contributed by atoms with E-state index in [-0.39, 0.29) is 12.1 Å². The highest BCUT2D eigenvalue weighted by atomic mass is 16.3. The van der Waals surface area contributed by atoms with Crippen LogP contribution in [-0.4, -0.2) is 17.8 Å². The summed E-state index contributed by atoms with van der Waals surface area (Å²) in [5, 5.41) is 12.6. The summed E-state index contributed by atoms with van der Waals surface area (Å²) in [6.45, 7) is 11.0. The summed E-state index contributed by atoms with van der Waals surface area (Å²) in [5.41, 5.74) is 5.30. The van der Waals surface area contributed by atoms with Crippen molar-refractivity contribution in [3.8, 4) is 0 Å². The van der Waals surface area contributed by atoms with Crippen LogP contribution in [0.3, 0.4) is 0 Å². The Hall–Kier alpha value is -0.860. The third-order valence-corrected chi connectivity index (χ3v) is 2.89. The number of benzene rings is 1. The van der Waals surface area contributed by atoms with Gasteiger partial charge < -0.3 is 10.4 Å². The fourth-order valence-corrected chi connectivity index (χ4v) is 2.32. The monoisotopic (exact) mass is 221 g/mol. The lowest BCUT2D eigenvalue weighted by Crippen LogP contribution is -2.28. The van der Waals surface area contributed by atoms with Gasteiger partial charge in [-0.05, 0) is 51.3 Å². The standard InChI is InChI=1S/C14H23NO/c1-9-6-10(2)14(11(3)7-9)13(5)15-8-12(4)16/h6-7,12-13,15-16H,8H2,1-5H3. The topological polar surface area (TPSA) is 32.3 Å². The average Bonchev–Trinajstić information content (AvgIpc) is 2.12. The zero-order valence-electron chi connectivity index (χ0n) is 11.0. The Labute approximate surface area is 98.7 Å². The third kappa shape index (κ3) is 3.32. The second-order valence-electron chi connectivity index (χ2n) is 4.79. The molecule has 0 amide bonds. The second-order valence-corrected chi connectivity index (χ2v) is 4.79. The predicted molar refractivity (Wildman–Crippen MR) is 68.8 cm³/mol. The van der Waals surface area contributed by atoms with Gasteiger partial charge in [0.1, 0.15) is 0 Å². The first kappa shape index (κ1) is 13.2. The molecule has 90 valence electrons. The number of aliphatic hydroxyl groups excluding tert-OH is 1. The molecule has 16 heavy (non-hydrogen) atoms. The van der Waals surface area contributed by atoms with Crippen LogP contribution in [0.25, 0.3) is 0 Å². The van der Waals surface area contributed by atoms with E-state index in [9.17, 15) is 5.11 Å². The predicted octanol–water partition coefficient (Wildman–Crippen LogP) is 2.64. The molecule has 0 radical (unpaired) electrons. The molecule has 1 aromatic rings. The van der Waals surface area contributed by atoms with Crippen LogP contribution in [0.15, 0.2) is 12.1 Å². The van der Waals surface area contributed by atoms with E-state index in [0.29, 0.717) is 6.54 Å². The van der Waals surface area contributed by atoms with Gasteiger partial charge in [-0.2, -0.15) is 0 Å². The fourth-order valence-electron chi connectivity index (χ4n) is 2.32. The van der Waals surface area contributed by atoms with E-state index in [1.54, 1.807) is 6.92 Å². The largest absolute Gasteiger partial charge is 0.392 e. The minimum Gasteiger partial charge on any atom is -0.392 e. The number of hydrogen-bond acceptors (Lipinski definition) is 2. The molecule has 2 unspecified atom stereocenters. The average molecular weight is 221 g/mol. The Morgan fingerprint density at radius 1 is 1.12 bits per heavy atom. The summed E-state index contributed by atoms with van der Waals surface area (Å²) in [6, 6.07) is 4.71. The maximum absolute atomic E-state index is 9.27. The van der Waals surface area contributed by atoms with Crippen molar-refractivity contribution in [2.45, 2.75) is 46.8 Å². The molecule has 2 N–H and O–H groups in total. The Morgan fingerprint density at radius 2 is 1.62 bits per heavy atom. The van der Waals surface area contributed by atoms with Gasteiger partial charge in [-0.25, -0.2) is 0 Å². The minimum absolute atomic E-state index is 0.287. The van der Waals surface area contributed by atoms with Crippen LogP contribution in [0.2, 0.25) is 0 Å². The van der Waals surface area contributed by atoms with E-state index < -0.39 is 0 Å². The Bertz CT molecular complexity index is 335. The molecule has 0 saturated heterocycles. The van der Waals surface area contributed by atoms with E-state index >= 15 is 0 Å². The Balaban J connectivity index is 2.86. The smallest absolute Gasteiger partial charge is 0.0636 e. The molecule has 2 heteroatoms. The lowest BCUT2D eigenvalue weighted by atomic mass is 9.95. The van der Waals surface area contributed by atoms with Gasteiger partial charge in [0.2, 0.25) is 0 Å². The SMILES string of the molecule is Cc1cc(C)c(C(C)NCC(C)O)c(C)c1. The van der Waals surface area contributed by atoms with Gasteiger partial charge in [0, 0.05) is 12.6 Å². The highest BCUT2D eigenvalue weighted by Gasteiger charge is 2.11. The number of aliphatic hydroxyl groups is 1. The van der Waals surface area contributed by atoms with E-state index in [0.717, 1.165) is 0 Å². The summed E-state index contributed by atoms with van der Waals surface area (Å²) in [6.07, 6.45) is -0.298. The van der Waals surface area contributed by atoms with Crippen molar-refractivity contribution < 1.29 is 5.11 Å². The van der Waals surface area contributed by atoms with Crippen LogP contribution in [0, 0.1) is 20.8 Å². The summed E-state index contributed by atoms with van der Waals surface area (Å²) < 4.78 is 0. The van der Waals surface area contributed by atoms with Gasteiger partial charge in [-0.1, -0.05) is 17.7 Å². The first-order valence-electron chi connectivity index (χ1n) is 5.91. The first-order valence-corrected chi connectivity index (χ1v) is 5.91. The number of nitrogens with one attached hydrogen (secondary N) is 1. The maximum Gasteiger partial charge on any atom is 0.0636 e. The minimum atomic E-state index is -0.298. The number of rotatable bonds is 4. The molecule has 0 bridgehead atoms. The van der Waals surface area contributed by atoms with Gasteiger partial charge in [0.15, 0.2) is 0 Å².